The molecule has 0 saturated heterocycles. The SMILES string of the molecule is CCCCC/C=C/C(C)CCC. The van der Waals surface area contributed by atoms with Crippen molar-refractivity contribution in [2.45, 2.75) is 59.3 Å². The third-order valence-corrected chi connectivity index (χ3v) is 2.18. The second-order valence-corrected chi connectivity index (χ2v) is 3.69. The molecule has 0 amide bonds. The van der Waals surface area contributed by atoms with E-state index >= 15 is 0 Å². The molecule has 0 aliphatic carbocycles. The maximum atomic E-state index is 2.37. The van der Waals surface area contributed by atoms with E-state index in [0.29, 0.717) is 0 Å². The van der Waals surface area contributed by atoms with Crippen LogP contribution in [0.5, 0.6) is 0 Å². The molecule has 1 unspecified atom stereocenters. The molecule has 0 aromatic rings. The average molecular weight is 168 g/mol. The Kier molecular flexibility index (Phi) is 8.64. The number of hydrogen-bond donors (Lipinski definition) is 0. The topological polar surface area (TPSA) is 0 Å². The van der Waals surface area contributed by atoms with Crippen LogP contribution in [0, 0.1) is 5.92 Å². The van der Waals surface area contributed by atoms with Crippen LogP contribution in [0.2, 0.25) is 0 Å². The van der Waals surface area contributed by atoms with E-state index in [1.165, 1.54) is 38.5 Å². The fourth-order valence-corrected chi connectivity index (χ4v) is 1.39. The van der Waals surface area contributed by atoms with Gasteiger partial charge in [-0.15, -0.1) is 0 Å². The minimum absolute atomic E-state index is 0.789. The van der Waals surface area contributed by atoms with Gasteiger partial charge in [-0.2, -0.15) is 0 Å². The van der Waals surface area contributed by atoms with E-state index in [1.54, 1.807) is 0 Å². The molecule has 0 aliphatic heterocycles. The van der Waals surface area contributed by atoms with Gasteiger partial charge >= 0.3 is 0 Å². The predicted octanol–water partition coefficient (Wildman–Crippen LogP) is 4.56. The minimum Gasteiger partial charge on any atom is -0.0883 e. The summed E-state index contributed by atoms with van der Waals surface area (Å²) in [4.78, 5) is 0. The molecule has 0 rings (SSSR count). The van der Waals surface area contributed by atoms with Gasteiger partial charge in [0.2, 0.25) is 0 Å². The highest BCUT2D eigenvalue weighted by Gasteiger charge is 1.92. The maximum absolute atomic E-state index is 2.37. The Hall–Kier alpha value is -0.260. The zero-order valence-corrected chi connectivity index (χ0v) is 8.97. The average Bonchev–Trinajstić information content (AvgIpc) is 2.05. The Morgan fingerprint density at radius 1 is 1.08 bits per heavy atom. The summed E-state index contributed by atoms with van der Waals surface area (Å²) < 4.78 is 0. The van der Waals surface area contributed by atoms with Crippen LogP contribution < -0.4 is 0 Å². The van der Waals surface area contributed by atoms with Crippen LogP contribution in [0.15, 0.2) is 12.2 Å². The van der Waals surface area contributed by atoms with Crippen molar-refractivity contribution in [3.63, 3.8) is 0 Å². The van der Waals surface area contributed by atoms with Crippen molar-refractivity contribution in [2.24, 2.45) is 5.92 Å². The second kappa shape index (κ2) is 8.83. The predicted molar refractivity (Wildman–Crippen MR) is 57.4 cm³/mol. The first-order valence-electron chi connectivity index (χ1n) is 5.47. The molecule has 72 valence electrons. The molecule has 0 radical (unpaired) electrons. The van der Waals surface area contributed by atoms with Crippen LogP contribution >= 0.6 is 0 Å². The van der Waals surface area contributed by atoms with Gasteiger partial charge in [0.05, 0.1) is 0 Å². The van der Waals surface area contributed by atoms with E-state index in [4.69, 9.17) is 0 Å². The Bertz CT molecular complexity index is 103. The van der Waals surface area contributed by atoms with E-state index in [9.17, 15) is 0 Å². The van der Waals surface area contributed by atoms with Crippen molar-refractivity contribution in [2.75, 3.05) is 0 Å². The summed E-state index contributed by atoms with van der Waals surface area (Å²) >= 11 is 0. The van der Waals surface area contributed by atoms with Crippen LogP contribution in [-0.2, 0) is 0 Å². The van der Waals surface area contributed by atoms with Crippen molar-refractivity contribution in [3.05, 3.63) is 12.2 Å². The van der Waals surface area contributed by atoms with Gasteiger partial charge in [0.1, 0.15) is 0 Å². The first-order valence-corrected chi connectivity index (χ1v) is 5.47. The summed E-state index contributed by atoms with van der Waals surface area (Å²) in [6.45, 7) is 6.81. The minimum atomic E-state index is 0.789. The van der Waals surface area contributed by atoms with E-state index in [2.05, 4.69) is 32.9 Å². The standard InChI is InChI=1S/C12H24/c1-4-6-7-8-9-11-12(3)10-5-2/h9,11-12H,4-8,10H2,1-3H3/b11-9+. The molecule has 0 heterocycles. The second-order valence-electron chi connectivity index (χ2n) is 3.69. The fourth-order valence-electron chi connectivity index (χ4n) is 1.39. The molecule has 0 saturated carbocycles. The molecule has 0 aromatic heterocycles. The fraction of sp³-hybridized carbons (Fsp3) is 0.833. The molecule has 0 N–H and O–H groups in total. The van der Waals surface area contributed by atoms with Crippen LogP contribution in [0.3, 0.4) is 0 Å². The lowest BCUT2D eigenvalue weighted by Crippen LogP contribution is -1.86. The summed E-state index contributed by atoms with van der Waals surface area (Å²) in [6, 6.07) is 0. The lowest BCUT2D eigenvalue weighted by atomic mass is 10.0. The summed E-state index contributed by atoms with van der Waals surface area (Å²) in [5.41, 5.74) is 0. The van der Waals surface area contributed by atoms with Gasteiger partial charge in [0.15, 0.2) is 0 Å². The van der Waals surface area contributed by atoms with Crippen molar-refractivity contribution in [1.29, 1.82) is 0 Å². The first kappa shape index (κ1) is 11.7. The Labute approximate surface area is 78.1 Å². The molecule has 0 nitrogen and oxygen atoms in total. The van der Waals surface area contributed by atoms with Gasteiger partial charge in [-0.25, -0.2) is 0 Å². The number of hydrogen-bond acceptors (Lipinski definition) is 0. The monoisotopic (exact) mass is 168 g/mol. The Balaban J connectivity index is 3.22. The quantitative estimate of drug-likeness (QED) is 0.386. The van der Waals surface area contributed by atoms with Crippen molar-refractivity contribution in [3.8, 4) is 0 Å². The Morgan fingerprint density at radius 2 is 1.83 bits per heavy atom. The van der Waals surface area contributed by atoms with Gasteiger partial charge < -0.3 is 0 Å². The van der Waals surface area contributed by atoms with Crippen LogP contribution in [0.4, 0.5) is 0 Å². The van der Waals surface area contributed by atoms with E-state index in [0.717, 1.165) is 5.92 Å². The molecule has 12 heavy (non-hydrogen) atoms. The molecule has 0 aromatic carbocycles. The van der Waals surface area contributed by atoms with E-state index < -0.39 is 0 Å². The summed E-state index contributed by atoms with van der Waals surface area (Å²) in [5, 5.41) is 0. The van der Waals surface area contributed by atoms with E-state index in [-0.39, 0.29) is 0 Å². The van der Waals surface area contributed by atoms with Crippen LogP contribution in [-0.4, -0.2) is 0 Å². The highest BCUT2D eigenvalue weighted by molar-refractivity contribution is 4.85. The smallest absolute Gasteiger partial charge is 0.0262 e. The van der Waals surface area contributed by atoms with Crippen molar-refractivity contribution < 1.29 is 0 Å². The van der Waals surface area contributed by atoms with Crippen molar-refractivity contribution in [1.82, 2.24) is 0 Å². The summed E-state index contributed by atoms with van der Waals surface area (Å²) in [7, 11) is 0. The van der Waals surface area contributed by atoms with Crippen LogP contribution in [0.25, 0.3) is 0 Å². The number of rotatable bonds is 7. The van der Waals surface area contributed by atoms with Gasteiger partial charge in [-0.3, -0.25) is 0 Å². The number of unbranched alkanes of at least 4 members (excludes halogenated alkanes) is 3. The highest BCUT2D eigenvalue weighted by atomic mass is 14.0. The molecule has 0 fully saturated rings. The van der Waals surface area contributed by atoms with Crippen LogP contribution in [0.1, 0.15) is 59.3 Å². The molecule has 0 spiro atoms. The zero-order valence-electron chi connectivity index (χ0n) is 8.97. The largest absolute Gasteiger partial charge is 0.0883 e. The van der Waals surface area contributed by atoms with Gasteiger partial charge in [-0.1, -0.05) is 52.2 Å². The molecular formula is C12H24. The molecule has 0 aliphatic rings. The molecular weight excluding hydrogens is 144 g/mol. The first-order chi connectivity index (χ1) is 5.81. The highest BCUT2D eigenvalue weighted by Crippen LogP contribution is 2.08. The van der Waals surface area contributed by atoms with Gasteiger partial charge in [0, 0.05) is 0 Å². The normalized spacial score (nSPS) is 13.9. The third kappa shape index (κ3) is 7.84. The summed E-state index contributed by atoms with van der Waals surface area (Å²) in [5.74, 6) is 0.789. The maximum Gasteiger partial charge on any atom is -0.0262 e. The van der Waals surface area contributed by atoms with Crippen molar-refractivity contribution >= 4 is 0 Å². The lowest BCUT2D eigenvalue weighted by molar-refractivity contribution is 0.629. The lowest BCUT2D eigenvalue weighted by Gasteiger charge is -2.01. The Morgan fingerprint density at radius 3 is 2.42 bits per heavy atom. The number of allylic oxidation sites excluding steroid dienone is 2. The van der Waals surface area contributed by atoms with E-state index in [1.807, 2.05) is 0 Å². The van der Waals surface area contributed by atoms with Gasteiger partial charge in [-0.05, 0) is 25.2 Å². The van der Waals surface area contributed by atoms with Gasteiger partial charge in [0.25, 0.3) is 0 Å². The molecule has 0 bridgehead atoms. The third-order valence-electron chi connectivity index (χ3n) is 2.18. The summed E-state index contributed by atoms with van der Waals surface area (Å²) in [6.07, 6.45) is 12.7. The zero-order chi connectivity index (χ0) is 9.23. The molecule has 1 atom stereocenters. The molecule has 0 heteroatoms.